The number of aliphatic hydroxyl groups is 2. The van der Waals surface area contributed by atoms with Gasteiger partial charge in [-0.2, -0.15) is 0 Å². The normalized spacial score (nSPS) is 23.9. The molecule has 0 heterocycles. The van der Waals surface area contributed by atoms with Gasteiger partial charge in [-0.25, -0.2) is 0 Å². The molecule has 0 aromatic rings. The molecule has 2 atom stereocenters. The van der Waals surface area contributed by atoms with Crippen molar-refractivity contribution in [2.45, 2.75) is 12.2 Å². The first-order valence-electron chi connectivity index (χ1n) is 4.31. The van der Waals surface area contributed by atoms with Gasteiger partial charge in [0, 0.05) is 6.54 Å². The molecule has 0 spiro atoms. The fraction of sp³-hybridized carbons (Fsp3) is 0.400. The van der Waals surface area contributed by atoms with Crippen LogP contribution in [0.1, 0.15) is 0 Å². The molecule has 1 rings (SSSR count). The van der Waals surface area contributed by atoms with Crippen molar-refractivity contribution in [1.82, 2.24) is 5.32 Å². The summed E-state index contributed by atoms with van der Waals surface area (Å²) in [7, 11) is 1.79. The van der Waals surface area contributed by atoms with E-state index in [0.29, 0.717) is 6.54 Å². The molecule has 0 aromatic heterocycles. The van der Waals surface area contributed by atoms with Crippen molar-refractivity contribution in [1.29, 1.82) is 0 Å². The molecule has 0 fully saturated rings. The van der Waals surface area contributed by atoms with Crippen molar-refractivity contribution in [3.05, 3.63) is 36.0 Å². The Hall–Kier alpha value is -0.900. The van der Waals surface area contributed by atoms with Crippen LogP contribution in [0.2, 0.25) is 0 Å². The summed E-state index contributed by atoms with van der Waals surface area (Å²) in [6, 6.07) is 0. The Morgan fingerprint density at radius 1 is 1.54 bits per heavy atom. The number of allylic oxidation sites excluding steroid dienone is 2. The minimum absolute atomic E-state index is 0.514. The first kappa shape index (κ1) is 10.2. The lowest BCUT2D eigenvalue weighted by Crippen LogP contribution is -2.24. The molecule has 0 aliphatic heterocycles. The van der Waals surface area contributed by atoms with Gasteiger partial charge in [-0.05, 0) is 12.6 Å². The standard InChI is InChI=1S/C10H15NO2/c1-11-7-10(13)8-3-2-4-9(12)6-5-8/h2-6,9-13H,7H2,1H3. The summed E-state index contributed by atoms with van der Waals surface area (Å²) < 4.78 is 0. The minimum Gasteiger partial charge on any atom is -0.387 e. The maximum Gasteiger partial charge on any atom is 0.0914 e. The SMILES string of the molecule is CNCC(O)C1=CC=CC(O)C=C1. The van der Waals surface area contributed by atoms with Crippen LogP contribution in [0, 0.1) is 0 Å². The highest BCUT2D eigenvalue weighted by atomic mass is 16.3. The Morgan fingerprint density at radius 3 is 3.00 bits per heavy atom. The Morgan fingerprint density at radius 2 is 2.31 bits per heavy atom. The highest BCUT2D eigenvalue weighted by Crippen LogP contribution is 2.08. The first-order chi connectivity index (χ1) is 6.24. The van der Waals surface area contributed by atoms with E-state index in [1.165, 1.54) is 0 Å². The quantitative estimate of drug-likeness (QED) is 0.573. The number of hydrogen-bond acceptors (Lipinski definition) is 3. The summed E-state index contributed by atoms with van der Waals surface area (Å²) in [6.07, 6.45) is 7.54. The van der Waals surface area contributed by atoms with Crippen molar-refractivity contribution >= 4 is 0 Å². The average molecular weight is 181 g/mol. The Bertz CT molecular complexity index is 243. The molecule has 3 N–H and O–H groups in total. The van der Waals surface area contributed by atoms with E-state index in [-0.39, 0.29) is 0 Å². The smallest absolute Gasteiger partial charge is 0.0914 e. The van der Waals surface area contributed by atoms with Crippen molar-refractivity contribution in [3.8, 4) is 0 Å². The molecule has 3 heteroatoms. The number of hydrogen-bond donors (Lipinski definition) is 3. The Kier molecular flexibility index (Phi) is 3.89. The zero-order valence-corrected chi connectivity index (χ0v) is 7.64. The van der Waals surface area contributed by atoms with E-state index in [1.807, 2.05) is 0 Å². The molecule has 2 unspecified atom stereocenters. The maximum absolute atomic E-state index is 9.59. The number of likely N-dealkylation sites (N-methyl/N-ethyl adjacent to an activating group) is 1. The van der Waals surface area contributed by atoms with Gasteiger partial charge in [0.05, 0.1) is 12.2 Å². The second-order valence-electron chi connectivity index (χ2n) is 2.97. The van der Waals surface area contributed by atoms with Gasteiger partial charge in [0.2, 0.25) is 0 Å². The van der Waals surface area contributed by atoms with Gasteiger partial charge in [-0.15, -0.1) is 0 Å². The van der Waals surface area contributed by atoms with Crippen molar-refractivity contribution in [2.24, 2.45) is 0 Å². The van der Waals surface area contributed by atoms with Gasteiger partial charge in [0.1, 0.15) is 0 Å². The lowest BCUT2D eigenvalue weighted by Gasteiger charge is -2.09. The fourth-order valence-corrected chi connectivity index (χ4v) is 1.14. The predicted octanol–water partition coefficient (Wildman–Crippen LogP) is -0.0200. The summed E-state index contributed by atoms with van der Waals surface area (Å²) in [4.78, 5) is 0. The molecule has 1 aliphatic rings. The van der Waals surface area contributed by atoms with Crippen molar-refractivity contribution < 1.29 is 10.2 Å². The van der Waals surface area contributed by atoms with Crippen LogP contribution in [0.15, 0.2) is 36.0 Å². The van der Waals surface area contributed by atoms with E-state index < -0.39 is 12.2 Å². The molecule has 0 aromatic carbocycles. The maximum atomic E-state index is 9.59. The monoisotopic (exact) mass is 181 g/mol. The van der Waals surface area contributed by atoms with Crippen LogP contribution in [0.25, 0.3) is 0 Å². The zero-order valence-electron chi connectivity index (χ0n) is 7.64. The Balaban J connectivity index is 2.64. The fourth-order valence-electron chi connectivity index (χ4n) is 1.14. The van der Waals surface area contributed by atoms with E-state index in [9.17, 15) is 10.2 Å². The molecule has 3 nitrogen and oxygen atoms in total. The largest absolute Gasteiger partial charge is 0.387 e. The molecule has 72 valence electrons. The van der Waals surface area contributed by atoms with Crippen molar-refractivity contribution in [3.63, 3.8) is 0 Å². The van der Waals surface area contributed by atoms with Crippen LogP contribution in [-0.4, -0.2) is 36.0 Å². The molecular formula is C10H15NO2. The van der Waals surface area contributed by atoms with Crippen LogP contribution < -0.4 is 5.32 Å². The molecular weight excluding hydrogens is 166 g/mol. The molecule has 1 aliphatic carbocycles. The van der Waals surface area contributed by atoms with Crippen LogP contribution in [0.5, 0.6) is 0 Å². The number of nitrogens with one attached hydrogen (secondary N) is 1. The van der Waals surface area contributed by atoms with E-state index in [4.69, 9.17) is 0 Å². The predicted molar refractivity (Wildman–Crippen MR) is 52.3 cm³/mol. The van der Waals surface area contributed by atoms with Gasteiger partial charge in [0.15, 0.2) is 0 Å². The Labute approximate surface area is 78.1 Å². The average Bonchev–Trinajstić information content (AvgIpc) is 2.30. The van der Waals surface area contributed by atoms with E-state index in [0.717, 1.165) is 5.57 Å². The topological polar surface area (TPSA) is 52.5 Å². The van der Waals surface area contributed by atoms with Gasteiger partial charge < -0.3 is 15.5 Å². The van der Waals surface area contributed by atoms with Gasteiger partial charge in [0.25, 0.3) is 0 Å². The molecule has 0 saturated carbocycles. The summed E-state index contributed by atoms with van der Waals surface area (Å²) in [5.41, 5.74) is 0.808. The van der Waals surface area contributed by atoms with E-state index >= 15 is 0 Å². The van der Waals surface area contributed by atoms with E-state index in [1.54, 1.807) is 37.4 Å². The van der Waals surface area contributed by atoms with Crippen LogP contribution in [0.4, 0.5) is 0 Å². The number of aliphatic hydroxyl groups excluding tert-OH is 2. The number of rotatable bonds is 3. The second-order valence-corrected chi connectivity index (χ2v) is 2.97. The van der Waals surface area contributed by atoms with Gasteiger partial charge in [-0.3, -0.25) is 0 Å². The molecule has 13 heavy (non-hydrogen) atoms. The third-order valence-electron chi connectivity index (χ3n) is 1.87. The minimum atomic E-state index is -0.546. The lowest BCUT2D eigenvalue weighted by atomic mass is 10.1. The van der Waals surface area contributed by atoms with E-state index in [2.05, 4.69) is 5.32 Å². The summed E-state index contributed by atoms with van der Waals surface area (Å²) >= 11 is 0. The highest BCUT2D eigenvalue weighted by molar-refractivity contribution is 5.32. The summed E-state index contributed by atoms with van der Waals surface area (Å²) in [5, 5.41) is 21.7. The molecule has 0 radical (unpaired) electrons. The summed E-state index contributed by atoms with van der Waals surface area (Å²) in [6.45, 7) is 0.514. The van der Waals surface area contributed by atoms with Gasteiger partial charge in [-0.1, -0.05) is 30.4 Å². The second kappa shape index (κ2) is 4.97. The van der Waals surface area contributed by atoms with Gasteiger partial charge >= 0.3 is 0 Å². The molecule has 0 amide bonds. The lowest BCUT2D eigenvalue weighted by molar-refractivity contribution is 0.213. The van der Waals surface area contributed by atoms with Crippen LogP contribution in [0.3, 0.4) is 0 Å². The van der Waals surface area contributed by atoms with Crippen LogP contribution in [-0.2, 0) is 0 Å². The van der Waals surface area contributed by atoms with Crippen molar-refractivity contribution in [2.75, 3.05) is 13.6 Å². The zero-order chi connectivity index (χ0) is 9.68. The highest BCUT2D eigenvalue weighted by Gasteiger charge is 2.07. The third kappa shape index (κ3) is 3.14. The first-order valence-corrected chi connectivity index (χ1v) is 4.31. The molecule has 0 saturated heterocycles. The summed E-state index contributed by atoms with van der Waals surface area (Å²) in [5.74, 6) is 0. The third-order valence-corrected chi connectivity index (χ3v) is 1.87. The molecule has 0 bridgehead atoms. The van der Waals surface area contributed by atoms with Crippen LogP contribution >= 0.6 is 0 Å².